The van der Waals surface area contributed by atoms with E-state index in [0.29, 0.717) is 17.8 Å². The number of anilines is 1. The predicted molar refractivity (Wildman–Crippen MR) is 117 cm³/mol. The summed E-state index contributed by atoms with van der Waals surface area (Å²) in [5.41, 5.74) is 2.03. The first-order chi connectivity index (χ1) is 14.4. The lowest BCUT2D eigenvalue weighted by atomic mass is 9.93. The van der Waals surface area contributed by atoms with E-state index in [2.05, 4.69) is 10.2 Å². The molecule has 0 aliphatic carbocycles. The summed E-state index contributed by atoms with van der Waals surface area (Å²) in [6, 6.07) is 16.1. The SMILES string of the molecule is CC(=O)c1cccc(NC(=O)C(c2ccccc2)N2CCCC(C(=O)N(C)C)C2)c1. The summed E-state index contributed by atoms with van der Waals surface area (Å²) in [4.78, 5) is 41.3. The molecule has 0 spiro atoms. The number of rotatable bonds is 6. The average Bonchev–Trinajstić information content (AvgIpc) is 2.74. The number of piperidine rings is 1. The van der Waals surface area contributed by atoms with Crippen molar-refractivity contribution in [1.29, 1.82) is 0 Å². The van der Waals surface area contributed by atoms with Crippen molar-refractivity contribution < 1.29 is 14.4 Å². The molecule has 1 aliphatic rings. The summed E-state index contributed by atoms with van der Waals surface area (Å²) in [6.45, 7) is 2.79. The summed E-state index contributed by atoms with van der Waals surface area (Å²) in [7, 11) is 3.54. The van der Waals surface area contributed by atoms with Crippen molar-refractivity contribution in [2.24, 2.45) is 5.92 Å². The highest BCUT2D eigenvalue weighted by molar-refractivity contribution is 5.98. The van der Waals surface area contributed by atoms with Crippen LogP contribution in [0.2, 0.25) is 0 Å². The number of nitrogens with zero attached hydrogens (tertiary/aromatic N) is 2. The van der Waals surface area contributed by atoms with Gasteiger partial charge in [-0.05, 0) is 44.0 Å². The molecule has 0 bridgehead atoms. The van der Waals surface area contributed by atoms with Crippen LogP contribution in [0.5, 0.6) is 0 Å². The topological polar surface area (TPSA) is 69.7 Å². The van der Waals surface area contributed by atoms with Crippen molar-refractivity contribution in [3.63, 3.8) is 0 Å². The van der Waals surface area contributed by atoms with Crippen LogP contribution in [0.15, 0.2) is 54.6 Å². The van der Waals surface area contributed by atoms with Crippen LogP contribution in [0.3, 0.4) is 0 Å². The lowest BCUT2D eigenvalue weighted by molar-refractivity contribution is -0.136. The van der Waals surface area contributed by atoms with Crippen LogP contribution in [-0.4, -0.2) is 54.6 Å². The van der Waals surface area contributed by atoms with Crippen molar-refractivity contribution >= 4 is 23.3 Å². The largest absolute Gasteiger partial charge is 0.349 e. The van der Waals surface area contributed by atoms with E-state index in [-0.39, 0.29) is 23.5 Å². The predicted octanol–water partition coefficient (Wildman–Crippen LogP) is 3.37. The zero-order chi connectivity index (χ0) is 21.7. The normalized spacial score (nSPS) is 17.8. The Hall–Kier alpha value is -2.99. The molecule has 2 atom stereocenters. The van der Waals surface area contributed by atoms with Gasteiger partial charge in [-0.1, -0.05) is 42.5 Å². The highest BCUT2D eigenvalue weighted by Crippen LogP contribution is 2.29. The summed E-state index contributed by atoms with van der Waals surface area (Å²) >= 11 is 0. The molecule has 2 amide bonds. The zero-order valence-corrected chi connectivity index (χ0v) is 17.8. The molecule has 1 saturated heterocycles. The molecule has 30 heavy (non-hydrogen) atoms. The molecule has 1 aliphatic heterocycles. The van der Waals surface area contributed by atoms with Gasteiger partial charge < -0.3 is 10.2 Å². The summed E-state index contributed by atoms with van der Waals surface area (Å²) in [6.07, 6.45) is 1.69. The van der Waals surface area contributed by atoms with Crippen LogP contribution in [0.25, 0.3) is 0 Å². The summed E-state index contributed by atoms with van der Waals surface area (Å²) in [5, 5.41) is 2.97. The molecule has 0 aromatic heterocycles. The maximum Gasteiger partial charge on any atom is 0.246 e. The molecule has 0 saturated carbocycles. The van der Waals surface area contributed by atoms with E-state index in [1.165, 1.54) is 6.92 Å². The standard InChI is InChI=1S/C24H29N3O3/c1-17(28)19-11-7-13-21(15-19)25-23(29)22(18-9-5-4-6-10-18)27-14-8-12-20(16-27)24(30)26(2)3/h4-7,9-11,13,15,20,22H,8,12,14,16H2,1-3H3,(H,25,29). The van der Waals surface area contributed by atoms with Gasteiger partial charge >= 0.3 is 0 Å². The minimum Gasteiger partial charge on any atom is -0.349 e. The third-order valence-corrected chi connectivity index (χ3v) is 5.51. The Morgan fingerprint density at radius 3 is 2.47 bits per heavy atom. The lowest BCUT2D eigenvalue weighted by Crippen LogP contribution is -2.47. The monoisotopic (exact) mass is 407 g/mol. The molecular weight excluding hydrogens is 378 g/mol. The second kappa shape index (κ2) is 9.67. The van der Waals surface area contributed by atoms with Gasteiger partial charge in [-0.3, -0.25) is 19.3 Å². The van der Waals surface area contributed by atoms with Gasteiger partial charge in [0.05, 0.1) is 5.92 Å². The third-order valence-electron chi connectivity index (χ3n) is 5.51. The Kier molecular flexibility index (Phi) is 7.00. The van der Waals surface area contributed by atoms with Crippen molar-refractivity contribution in [2.75, 3.05) is 32.5 Å². The fourth-order valence-corrected chi connectivity index (χ4v) is 4.00. The molecule has 2 aromatic carbocycles. The second-order valence-corrected chi connectivity index (χ2v) is 8.01. The van der Waals surface area contributed by atoms with Crippen molar-refractivity contribution in [1.82, 2.24) is 9.80 Å². The first-order valence-electron chi connectivity index (χ1n) is 10.3. The molecule has 158 valence electrons. The van der Waals surface area contributed by atoms with E-state index in [1.807, 2.05) is 30.3 Å². The fourth-order valence-electron chi connectivity index (χ4n) is 4.00. The van der Waals surface area contributed by atoms with Gasteiger partial charge in [0.2, 0.25) is 11.8 Å². The van der Waals surface area contributed by atoms with Crippen molar-refractivity contribution in [3.8, 4) is 0 Å². The second-order valence-electron chi connectivity index (χ2n) is 8.01. The number of Topliss-reactive ketones (excluding diaryl/α,β-unsaturated/α-hetero) is 1. The number of carbonyl (C=O) groups is 3. The molecule has 2 aromatic rings. The smallest absolute Gasteiger partial charge is 0.246 e. The third kappa shape index (κ3) is 5.13. The van der Waals surface area contributed by atoms with Gasteiger partial charge in [-0.25, -0.2) is 0 Å². The summed E-state index contributed by atoms with van der Waals surface area (Å²) in [5.74, 6) is -0.235. The van der Waals surface area contributed by atoms with Crippen LogP contribution in [0.1, 0.15) is 41.7 Å². The maximum absolute atomic E-state index is 13.4. The number of amides is 2. The molecule has 6 heteroatoms. The molecule has 6 nitrogen and oxygen atoms in total. The van der Waals surface area contributed by atoms with E-state index in [9.17, 15) is 14.4 Å². The minimum atomic E-state index is -0.509. The Labute approximate surface area is 177 Å². The van der Waals surface area contributed by atoms with Crippen LogP contribution < -0.4 is 5.32 Å². The number of nitrogens with one attached hydrogen (secondary N) is 1. The quantitative estimate of drug-likeness (QED) is 0.746. The Morgan fingerprint density at radius 2 is 1.80 bits per heavy atom. The van der Waals surface area contributed by atoms with Crippen molar-refractivity contribution in [3.05, 3.63) is 65.7 Å². The minimum absolute atomic E-state index is 0.0493. The first kappa shape index (κ1) is 21.7. The van der Waals surface area contributed by atoms with E-state index < -0.39 is 6.04 Å². The van der Waals surface area contributed by atoms with Crippen LogP contribution >= 0.6 is 0 Å². The van der Waals surface area contributed by atoms with E-state index in [0.717, 1.165) is 24.9 Å². The molecule has 2 unspecified atom stereocenters. The Bertz CT molecular complexity index is 911. The number of benzene rings is 2. The van der Waals surface area contributed by atoms with Gasteiger partial charge in [0.15, 0.2) is 5.78 Å². The van der Waals surface area contributed by atoms with Gasteiger partial charge in [0.25, 0.3) is 0 Å². The maximum atomic E-state index is 13.4. The first-order valence-corrected chi connectivity index (χ1v) is 10.3. The van der Waals surface area contributed by atoms with Gasteiger partial charge in [0, 0.05) is 31.9 Å². The average molecular weight is 408 g/mol. The molecular formula is C24H29N3O3. The number of hydrogen-bond acceptors (Lipinski definition) is 4. The molecule has 3 rings (SSSR count). The fraction of sp³-hybridized carbons (Fsp3) is 0.375. The molecule has 1 N–H and O–H groups in total. The Morgan fingerprint density at radius 1 is 1.07 bits per heavy atom. The lowest BCUT2D eigenvalue weighted by Gasteiger charge is -2.38. The van der Waals surface area contributed by atoms with E-state index in [1.54, 1.807) is 43.3 Å². The number of hydrogen-bond donors (Lipinski definition) is 1. The Balaban J connectivity index is 1.86. The van der Waals surface area contributed by atoms with E-state index >= 15 is 0 Å². The van der Waals surface area contributed by atoms with Gasteiger partial charge in [0.1, 0.15) is 6.04 Å². The van der Waals surface area contributed by atoms with Gasteiger partial charge in [-0.15, -0.1) is 0 Å². The van der Waals surface area contributed by atoms with Crippen LogP contribution in [0, 0.1) is 5.92 Å². The van der Waals surface area contributed by atoms with Gasteiger partial charge in [-0.2, -0.15) is 0 Å². The highest BCUT2D eigenvalue weighted by Gasteiger charge is 2.34. The van der Waals surface area contributed by atoms with Crippen LogP contribution in [0.4, 0.5) is 5.69 Å². The number of likely N-dealkylation sites (tertiary alicyclic amines) is 1. The zero-order valence-electron chi connectivity index (χ0n) is 17.8. The van der Waals surface area contributed by atoms with Crippen LogP contribution in [-0.2, 0) is 9.59 Å². The molecule has 1 heterocycles. The highest BCUT2D eigenvalue weighted by atomic mass is 16.2. The number of ketones is 1. The molecule has 1 fully saturated rings. The summed E-state index contributed by atoms with van der Waals surface area (Å²) < 4.78 is 0. The molecule has 0 radical (unpaired) electrons. The number of carbonyl (C=O) groups excluding carboxylic acids is 3. The van der Waals surface area contributed by atoms with Crippen molar-refractivity contribution in [2.45, 2.75) is 25.8 Å². The van der Waals surface area contributed by atoms with E-state index in [4.69, 9.17) is 0 Å².